The fourth-order valence-electron chi connectivity index (χ4n) is 2.45. The summed E-state index contributed by atoms with van der Waals surface area (Å²) in [7, 11) is 0. The molecule has 0 saturated carbocycles. The average Bonchev–Trinajstić information content (AvgIpc) is 2.88. The molecule has 0 radical (unpaired) electrons. The summed E-state index contributed by atoms with van der Waals surface area (Å²) in [6.45, 7) is 2.79. The molecule has 128 valence electrons. The summed E-state index contributed by atoms with van der Waals surface area (Å²) in [6.07, 6.45) is 3.87. The molecule has 0 spiro atoms. The van der Waals surface area contributed by atoms with Gasteiger partial charge >= 0.3 is 0 Å². The van der Waals surface area contributed by atoms with Crippen LogP contribution in [0.5, 0.6) is 11.5 Å². The van der Waals surface area contributed by atoms with Crippen molar-refractivity contribution in [1.29, 1.82) is 0 Å². The minimum atomic E-state index is -0.00201. The third-order valence-corrected chi connectivity index (χ3v) is 5.12. The Balaban J connectivity index is 1.76. The van der Waals surface area contributed by atoms with E-state index in [1.165, 1.54) is 11.8 Å². The maximum atomic E-state index is 12.5. The van der Waals surface area contributed by atoms with Gasteiger partial charge in [-0.25, -0.2) is 0 Å². The number of thiocarbonyl (C=S) groups is 1. The second kappa shape index (κ2) is 8.32. The van der Waals surface area contributed by atoms with Gasteiger partial charge in [-0.05, 0) is 42.3 Å². The Labute approximate surface area is 157 Å². The van der Waals surface area contributed by atoms with Crippen LogP contribution in [-0.4, -0.2) is 21.7 Å². The number of carbonyl (C=O) groups is 1. The van der Waals surface area contributed by atoms with Crippen molar-refractivity contribution >= 4 is 40.3 Å². The Morgan fingerprint density at radius 3 is 2.64 bits per heavy atom. The van der Waals surface area contributed by atoms with Crippen molar-refractivity contribution in [2.45, 2.75) is 19.8 Å². The first-order valence-electron chi connectivity index (χ1n) is 8.25. The van der Waals surface area contributed by atoms with E-state index in [0.29, 0.717) is 15.8 Å². The topological polar surface area (TPSA) is 29.5 Å². The molecule has 0 unspecified atom stereocenters. The number of ether oxygens (including phenoxy) is 1. The predicted molar refractivity (Wildman–Crippen MR) is 108 cm³/mol. The number of carbonyl (C=O) groups excluding carboxylic acids is 1. The molecular weight excluding hydrogens is 350 g/mol. The molecule has 1 heterocycles. The van der Waals surface area contributed by atoms with Gasteiger partial charge in [-0.3, -0.25) is 9.69 Å². The molecule has 2 aromatic carbocycles. The van der Waals surface area contributed by atoms with Crippen molar-refractivity contribution in [2.75, 3.05) is 6.54 Å². The first-order valence-corrected chi connectivity index (χ1v) is 9.48. The second-order valence-electron chi connectivity index (χ2n) is 5.67. The van der Waals surface area contributed by atoms with Gasteiger partial charge in [0.15, 0.2) is 0 Å². The Morgan fingerprint density at radius 2 is 1.88 bits per heavy atom. The van der Waals surface area contributed by atoms with Crippen molar-refractivity contribution in [3.05, 3.63) is 65.1 Å². The lowest BCUT2D eigenvalue weighted by molar-refractivity contribution is -0.122. The standard InChI is InChI=1S/C20H19NO2S2/c1-2-3-12-21-19(22)18(25-20(21)24)14-15-8-7-11-17(13-15)23-16-9-5-4-6-10-16/h4-11,13-14H,2-3,12H2,1H3. The highest BCUT2D eigenvalue weighted by molar-refractivity contribution is 8.26. The molecule has 1 fully saturated rings. The summed E-state index contributed by atoms with van der Waals surface area (Å²) in [5, 5.41) is 0. The van der Waals surface area contributed by atoms with Crippen LogP contribution in [0.2, 0.25) is 0 Å². The number of thioether (sulfide) groups is 1. The SMILES string of the molecule is CCCCN1C(=O)C(=Cc2cccc(Oc3ccccc3)c2)SC1=S. The zero-order valence-electron chi connectivity index (χ0n) is 14.0. The normalized spacial score (nSPS) is 15.9. The minimum Gasteiger partial charge on any atom is -0.457 e. The molecule has 1 amide bonds. The quantitative estimate of drug-likeness (QED) is 0.498. The van der Waals surface area contributed by atoms with E-state index >= 15 is 0 Å². The second-order valence-corrected chi connectivity index (χ2v) is 7.35. The highest BCUT2D eigenvalue weighted by atomic mass is 32.2. The van der Waals surface area contributed by atoms with Gasteiger partial charge in [-0.15, -0.1) is 0 Å². The van der Waals surface area contributed by atoms with Crippen molar-refractivity contribution in [3.63, 3.8) is 0 Å². The van der Waals surface area contributed by atoms with E-state index in [9.17, 15) is 4.79 Å². The Kier molecular flexibility index (Phi) is 5.89. The fourth-order valence-corrected chi connectivity index (χ4v) is 3.76. The van der Waals surface area contributed by atoms with Gasteiger partial charge in [0.05, 0.1) is 4.91 Å². The maximum absolute atomic E-state index is 12.5. The third-order valence-electron chi connectivity index (χ3n) is 3.74. The van der Waals surface area contributed by atoms with Gasteiger partial charge in [0.1, 0.15) is 15.8 Å². The molecule has 1 aliphatic rings. The van der Waals surface area contributed by atoms with Crippen LogP contribution in [0.1, 0.15) is 25.3 Å². The van der Waals surface area contributed by atoms with E-state index in [1.54, 1.807) is 4.90 Å². The van der Waals surface area contributed by atoms with Crippen LogP contribution < -0.4 is 4.74 Å². The van der Waals surface area contributed by atoms with E-state index in [1.807, 2.05) is 60.7 Å². The highest BCUT2D eigenvalue weighted by Gasteiger charge is 2.31. The summed E-state index contributed by atoms with van der Waals surface area (Å²) in [5.74, 6) is 1.52. The van der Waals surface area contributed by atoms with E-state index in [4.69, 9.17) is 17.0 Å². The summed E-state index contributed by atoms with van der Waals surface area (Å²) in [5.41, 5.74) is 0.921. The molecule has 3 rings (SSSR count). The monoisotopic (exact) mass is 369 g/mol. The number of para-hydroxylation sites is 1. The third kappa shape index (κ3) is 4.50. The number of nitrogens with zero attached hydrogens (tertiary/aromatic N) is 1. The Hall–Kier alpha value is -2.11. The molecule has 25 heavy (non-hydrogen) atoms. The van der Waals surface area contributed by atoms with Crippen molar-refractivity contribution in [3.8, 4) is 11.5 Å². The molecule has 1 saturated heterocycles. The predicted octanol–water partition coefficient (Wildman–Crippen LogP) is 5.48. The number of hydrogen-bond acceptors (Lipinski definition) is 4. The fraction of sp³-hybridized carbons (Fsp3) is 0.200. The van der Waals surface area contributed by atoms with Crippen LogP contribution in [-0.2, 0) is 4.79 Å². The largest absolute Gasteiger partial charge is 0.457 e. The van der Waals surface area contributed by atoms with Crippen LogP contribution in [0.25, 0.3) is 6.08 Å². The summed E-state index contributed by atoms with van der Waals surface area (Å²) in [4.78, 5) is 14.9. The van der Waals surface area contributed by atoms with Crippen LogP contribution >= 0.6 is 24.0 Å². The van der Waals surface area contributed by atoms with Gasteiger partial charge < -0.3 is 4.74 Å². The lowest BCUT2D eigenvalue weighted by Gasteiger charge is -2.13. The number of benzene rings is 2. The number of unbranched alkanes of at least 4 members (excludes halogenated alkanes) is 1. The summed E-state index contributed by atoms with van der Waals surface area (Å²) < 4.78 is 6.49. The molecule has 5 heteroatoms. The van der Waals surface area contributed by atoms with E-state index in [0.717, 1.165) is 29.9 Å². The van der Waals surface area contributed by atoms with Gasteiger partial charge in [-0.1, -0.05) is 67.7 Å². The molecule has 3 nitrogen and oxygen atoms in total. The summed E-state index contributed by atoms with van der Waals surface area (Å²) >= 11 is 6.70. The lowest BCUT2D eigenvalue weighted by Crippen LogP contribution is -2.28. The van der Waals surface area contributed by atoms with Gasteiger partial charge in [-0.2, -0.15) is 0 Å². The zero-order valence-corrected chi connectivity index (χ0v) is 15.6. The number of amides is 1. The van der Waals surface area contributed by atoms with Gasteiger partial charge in [0, 0.05) is 6.54 Å². The Bertz CT molecular complexity index is 802. The molecule has 1 aliphatic heterocycles. The first-order chi connectivity index (χ1) is 12.2. The average molecular weight is 370 g/mol. The molecule has 0 aliphatic carbocycles. The molecular formula is C20H19NO2S2. The minimum absolute atomic E-state index is 0.00201. The first kappa shape index (κ1) is 17.7. The van der Waals surface area contributed by atoms with E-state index in [-0.39, 0.29) is 5.91 Å². The lowest BCUT2D eigenvalue weighted by atomic mass is 10.2. The van der Waals surface area contributed by atoms with E-state index in [2.05, 4.69) is 6.92 Å². The molecule has 0 bridgehead atoms. The van der Waals surface area contributed by atoms with Gasteiger partial charge in [0.2, 0.25) is 0 Å². The van der Waals surface area contributed by atoms with Crippen molar-refractivity contribution in [2.24, 2.45) is 0 Å². The van der Waals surface area contributed by atoms with Gasteiger partial charge in [0.25, 0.3) is 5.91 Å². The molecule has 2 aromatic rings. The van der Waals surface area contributed by atoms with Crippen LogP contribution in [0.15, 0.2) is 59.5 Å². The smallest absolute Gasteiger partial charge is 0.266 e. The summed E-state index contributed by atoms with van der Waals surface area (Å²) in [6, 6.07) is 17.3. The van der Waals surface area contributed by atoms with Crippen LogP contribution in [0.4, 0.5) is 0 Å². The van der Waals surface area contributed by atoms with Crippen molar-refractivity contribution < 1.29 is 9.53 Å². The van der Waals surface area contributed by atoms with Crippen LogP contribution in [0.3, 0.4) is 0 Å². The number of hydrogen-bond donors (Lipinski definition) is 0. The Morgan fingerprint density at radius 1 is 1.12 bits per heavy atom. The maximum Gasteiger partial charge on any atom is 0.266 e. The van der Waals surface area contributed by atoms with Crippen molar-refractivity contribution in [1.82, 2.24) is 4.90 Å². The molecule has 0 N–H and O–H groups in total. The zero-order chi connectivity index (χ0) is 17.6. The number of rotatable bonds is 6. The van der Waals surface area contributed by atoms with E-state index < -0.39 is 0 Å². The molecule has 0 aromatic heterocycles. The molecule has 0 atom stereocenters. The highest BCUT2D eigenvalue weighted by Crippen LogP contribution is 2.33. The van der Waals surface area contributed by atoms with Crippen LogP contribution in [0, 0.1) is 0 Å².